The number of hydrogen-bond donors (Lipinski definition) is 2. The second-order valence-electron chi connectivity index (χ2n) is 11.1. The normalized spacial score (nSPS) is 13.1. The van der Waals surface area contributed by atoms with Crippen LogP contribution in [-0.2, 0) is 32.2 Å². The van der Waals surface area contributed by atoms with Crippen LogP contribution < -0.4 is 10.2 Å². The molecule has 2 heterocycles. The molecule has 226 valence electrons. The van der Waals surface area contributed by atoms with Crippen molar-refractivity contribution in [1.82, 2.24) is 20.3 Å². The van der Waals surface area contributed by atoms with E-state index in [4.69, 9.17) is 9.47 Å². The summed E-state index contributed by atoms with van der Waals surface area (Å²) < 4.78 is 13.3. The molecule has 1 N–H and O–H groups in total. The Morgan fingerprint density at radius 3 is 2.43 bits per heavy atom. The van der Waals surface area contributed by atoms with Gasteiger partial charge in [-0.1, -0.05) is 68.4 Å². The number of hydrogen-bond acceptors (Lipinski definition) is 7. The third-order valence-corrected chi connectivity index (χ3v) is 7.45. The summed E-state index contributed by atoms with van der Waals surface area (Å²) in [6, 6.07) is 15.9. The first-order valence-corrected chi connectivity index (χ1v) is 15.4. The summed E-state index contributed by atoms with van der Waals surface area (Å²) in [5.41, 5.74) is 5.28. The molecule has 1 unspecified atom stereocenters. The lowest BCUT2D eigenvalue weighted by atomic mass is 9.95. The number of thiol groups is 1. The third kappa shape index (κ3) is 8.65. The molecule has 10 heteroatoms. The summed E-state index contributed by atoms with van der Waals surface area (Å²) in [4.78, 5) is 27.8. The van der Waals surface area contributed by atoms with Crippen LogP contribution in [0, 0.1) is 5.92 Å². The Hall–Kier alpha value is -3.21. The zero-order chi connectivity index (χ0) is 29.9. The number of amides is 2. The van der Waals surface area contributed by atoms with Gasteiger partial charge in [0.05, 0.1) is 37.7 Å². The van der Waals surface area contributed by atoms with Gasteiger partial charge < -0.3 is 19.7 Å². The molecule has 0 fully saturated rings. The molecule has 2 amide bonds. The number of ether oxygens (including phenoxy) is 2. The lowest BCUT2D eigenvalue weighted by molar-refractivity contribution is -0.122. The molecule has 9 nitrogen and oxygen atoms in total. The molecule has 0 radical (unpaired) electrons. The van der Waals surface area contributed by atoms with E-state index in [2.05, 4.69) is 42.1 Å². The highest BCUT2D eigenvalue weighted by molar-refractivity contribution is 7.80. The summed E-state index contributed by atoms with van der Waals surface area (Å²) >= 11 is 4.33. The van der Waals surface area contributed by atoms with Crippen LogP contribution in [0.4, 0.5) is 5.69 Å². The zero-order valence-corrected chi connectivity index (χ0v) is 25.8. The van der Waals surface area contributed by atoms with E-state index in [0.29, 0.717) is 45.4 Å². The number of rotatable bonds is 15. The van der Waals surface area contributed by atoms with E-state index in [-0.39, 0.29) is 36.5 Å². The van der Waals surface area contributed by atoms with Gasteiger partial charge in [-0.2, -0.15) is 12.6 Å². The first-order chi connectivity index (χ1) is 20.3. The van der Waals surface area contributed by atoms with Crippen molar-refractivity contribution in [3.05, 3.63) is 54.1 Å². The monoisotopic (exact) mass is 593 g/mol. The molecule has 1 aromatic heterocycles. The Morgan fingerprint density at radius 2 is 1.64 bits per heavy atom. The highest BCUT2D eigenvalue weighted by Crippen LogP contribution is 2.41. The summed E-state index contributed by atoms with van der Waals surface area (Å²) in [5.74, 6) is 0.383. The number of anilines is 1. The van der Waals surface area contributed by atoms with Crippen molar-refractivity contribution in [2.24, 2.45) is 5.92 Å². The van der Waals surface area contributed by atoms with E-state index >= 15 is 0 Å². The van der Waals surface area contributed by atoms with Crippen molar-refractivity contribution < 1.29 is 19.1 Å². The topological polar surface area (TPSA) is 98.6 Å². The maximum absolute atomic E-state index is 13.7. The minimum Gasteiger partial charge on any atom is -0.381 e. The van der Waals surface area contributed by atoms with E-state index in [9.17, 15) is 9.59 Å². The summed E-state index contributed by atoms with van der Waals surface area (Å²) in [7, 11) is 0. The fraction of sp³-hybridized carbons (Fsp3) is 0.500. The highest BCUT2D eigenvalue weighted by Gasteiger charge is 2.29. The number of nitrogens with zero attached hydrogens (tertiary/aromatic N) is 4. The zero-order valence-electron chi connectivity index (χ0n) is 24.9. The van der Waals surface area contributed by atoms with Crippen LogP contribution in [0.3, 0.4) is 0 Å². The second-order valence-corrected chi connectivity index (χ2v) is 11.9. The molecule has 0 bridgehead atoms. The smallest absolute Gasteiger partial charge is 0.229 e. The number of carbonyl (C=O) groups is 2. The lowest BCUT2D eigenvalue weighted by Crippen LogP contribution is -2.35. The van der Waals surface area contributed by atoms with E-state index < -0.39 is 0 Å². The van der Waals surface area contributed by atoms with Gasteiger partial charge >= 0.3 is 0 Å². The van der Waals surface area contributed by atoms with Crippen molar-refractivity contribution in [3.63, 3.8) is 0 Å². The lowest BCUT2D eigenvalue weighted by Gasteiger charge is -2.29. The quantitative estimate of drug-likeness (QED) is 0.187. The number of fused-ring (bicyclic) bond motifs is 5. The number of para-hydroxylation sites is 1. The number of benzene rings is 2. The van der Waals surface area contributed by atoms with Crippen LogP contribution >= 0.6 is 12.6 Å². The Labute approximate surface area is 254 Å². The predicted molar refractivity (Wildman–Crippen MR) is 168 cm³/mol. The van der Waals surface area contributed by atoms with Gasteiger partial charge in [0.15, 0.2) is 0 Å². The molecule has 0 spiro atoms. The molecule has 1 aliphatic rings. The number of carbonyl (C=O) groups excluding carboxylic acids is 2. The average molecular weight is 594 g/mol. The summed E-state index contributed by atoms with van der Waals surface area (Å²) in [6.45, 7) is 9.72. The first kappa shape index (κ1) is 31.7. The molecule has 42 heavy (non-hydrogen) atoms. The molecule has 0 saturated carbocycles. The van der Waals surface area contributed by atoms with E-state index in [1.807, 2.05) is 65.0 Å². The standard InChI is InChI=1S/C32H43N5O4S/c1-23(2)13-18-41-21-17-37-32-27-10-6-7-11-28(27)36(22-25-8-4-5-9-26(25)31(32)34-35-37)30(39)12-16-33-29(38)15-20-40-19-14-24(3)42/h4-11,23-24,42H,12-22H2,1-3H3,(H,33,38). The summed E-state index contributed by atoms with van der Waals surface area (Å²) in [6.07, 6.45) is 2.28. The van der Waals surface area contributed by atoms with E-state index in [1.54, 1.807) is 0 Å². The van der Waals surface area contributed by atoms with Crippen molar-refractivity contribution in [2.45, 2.75) is 64.8 Å². The Bertz CT molecular complexity index is 1330. The van der Waals surface area contributed by atoms with Crippen molar-refractivity contribution >= 4 is 30.1 Å². The van der Waals surface area contributed by atoms with Gasteiger partial charge in [-0.25, -0.2) is 4.68 Å². The molecule has 3 aromatic rings. The van der Waals surface area contributed by atoms with Crippen molar-refractivity contribution in [3.8, 4) is 22.5 Å². The van der Waals surface area contributed by atoms with Gasteiger partial charge in [-0.15, -0.1) is 5.10 Å². The van der Waals surface area contributed by atoms with Crippen LogP contribution in [0.15, 0.2) is 48.5 Å². The van der Waals surface area contributed by atoms with Crippen LogP contribution in [0.1, 0.15) is 52.0 Å². The SMILES string of the molecule is CC(C)CCOCCn1nnc2c1-c1ccccc1N(C(=O)CCNC(=O)CCOCCC(C)S)Cc1ccccc1-2. The first-order valence-electron chi connectivity index (χ1n) is 14.9. The maximum atomic E-state index is 13.7. The number of aromatic nitrogens is 3. The molecule has 0 aliphatic carbocycles. The second kappa shape index (κ2) is 15.9. The Balaban J connectivity index is 1.49. The Kier molecular flexibility index (Phi) is 12.0. The average Bonchev–Trinajstić information content (AvgIpc) is 3.37. The maximum Gasteiger partial charge on any atom is 0.229 e. The van der Waals surface area contributed by atoms with E-state index in [1.165, 1.54) is 0 Å². The molecule has 4 rings (SSSR count). The molecule has 2 aromatic carbocycles. The van der Waals surface area contributed by atoms with Crippen molar-refractivity contribution in [2.75, 3.05) is 37.9 Å². The van der Waals surface area contributed by atoms with Gasteiger partial charge in [-0.3, -0.25) is 9.59 Å². The summed E-state index contributed by atoms with van der Waals surface area (Å²) in [5, 5.41) is 12.2. The van der Waals surface area contributed by atoms with Gasteiger partial charge in [0.25, 0.3) is 0 Å². The van der Waals surface area contributed by atoms with Gasteiger partial charge in [0.1, 0.15) is 5.69 Å². The fourth-order valence-electron chi connectivity index (χ4n) is 4.82. The number of nitrogens with one attached hydrogen (secondary N) is 1. The predicted octanol–water partition coefficient (Wildman–Crippen LogP) is 5.14. The van der Waals surface area contributed by atoms with Crippen LogP contribution in [0.25, 0.3) is 22.5 Å². The van der Waals surface area contributed by atoms with Gasteiger partial charge in [-0.05, 0) is 30.4 Å². The molecule has 0 saturated heterocycles. The largest absolute Gasteiger partial charge is 0.381 e. The van der Waals surface area contributed by atoms with Gasteiger partial charge in [0, 0.05) is 49.0 Å². The molecule has 1 aliphatic heterocycles. The van der Waals surface area contributed by atoms with Crippen LogP contribution in [0.5, 0.6) is 0 Å². The fourth-order valence-corrected chi connectivity index (χ4v) is 4.92. The Morgan fingerprint density at radius 1 is 0.929 bits per heavy atom. The van der Waals surface area contributed by atoms with E-state index in [0.717, 1.165) is 46.6 Å². The molecular weight excluding hydrogens is 550 g/mol. The molecular formula is C32H43N5O4S. The highest BCUT2D eigenvalue weighted by atomic mass is 32.1. The minimum absolute atomic E-state index is 0.0731. The minimum atomic E-state index is -0.129. The third-order valence-electron chi connectivity index (χ3n) is 7.19. The van der Waals surface area contributed by atoms with Crippen LogP contribution in [0.2, 0.25) is 0 Å². The molecule has 1 atom stereocenters. The van der Waals surface area contributed by atoms with Gasteiger partial charge in [0.2, 0.25) is 11.8 Å². The van der Waals surface area contributed by atoms with Crippen LogP contribution in [-0.4, -0.2) is 65.0 Å². The van der Waals surface area contributed by atoms with Crippen molar-refractivity contribution in [1.29, 1.82) is 0 Å².